The lowest BCUT2D eigenvalue weighted by molar-refractivity contribution is -0.122. The van der Waals surface area contributed by atoms with Gasteiger partial charge >= 0.3 is 0 Å². The van der Waals surface area contributed by atoms with Crippen molar-refractivity contribution in [1.29, 1.82) is 0 Å². The molecular weight excluding hydrogens is 368 g/mol. The van der Waals surface area contributed by atoms with Crippen LogP contribution in [0.5, 0.6) is 0 Å². The summed E-state index contributed by atoms with van der Waals surface area (Å²) in [4.78, 5) is 28.0. The smallest absolute Gasteiger partial charge is 0.294 e. The summed E-state index contributed by atoms with van der Waals surface area (Å²) >= 11 is 7.40. The molecule has 136 valence electrons. The molecule has 2 aliphatic rings. The zero-order valence-electron chi connectivity index (χ0n) is 15.3. The first kappa shape index (κ1) is 18.9. The lowest BCUT2D eigenvalue weighted by Gasteiger charge is -2.45. The van der Waals surface area contributed by atoms with Crippen LogP contribution in [0.1, 0.15) is 44.2 Å². The quantitative estimate of drug-likeness (QED) is 0.542. The van der Waals surface area contributed by atoms with E-state index in [-0.39, 0.29) is 23.2 Å². The second kappa shape index (κ2) is 6.68. The number of hydrogen-bond donors (Lipinski definition) is 0. The van der Waals surface area contributed by atoms with E-state index in [2.05, 4.69) is 38.6 Å². The number of rotatable bonds is 2. The van der Waals surface area contributed by atoms with Gasteiger partial charge in [0.05, 0.1) is 11.4 Å². The Bertz CT molecular complexity index is 869. The van der Waals surface area contributed by atoms with Crippen LogP contribution in [-0.4, -0.2) is 35.2 Å². The highest BCUT2D eigenvalue weighted by molar-refractivity contribution is 8.18. The lowest BCUT2D eigenvalue weighted by atomic mass is 9.80. The van der Waals surface area contributed by atoms with Crippen molar-refractivity contribution in [2.75, 3.05) is 18.5 Å². The molecule has 26 heavy (non-hydrogen) atoms. The van der Waals surface area contributed by atoms with Crippen LogP contribution in [0.3, 0.4) is 0 Å². The predicted molar refractivity (Wildman–Crippen MR) is 108 cm³/mol. The van der Waals surface area contributed by atoms with E-state index in [4.69, 9.17) is 18.0 Å². The van der Waals surface area contributed by atoms with Gasteiger partial charge in [-0.15, -0.1) is 6.42 Å². The van der Waals surface area contributed by atoms with Crippen LogP contribution < -0.4 is 4.90 Å². The van der Waals surface area contributed by atoms with Crippen LogP contribution in [0.4, 0.5) is 10.5 Å². The Balaban J connectivity index is 2.02. The molecule has 1 saturated heterocycles. The van der Waals surface area contributed by atoms with Crippen LogP contribution in [0.15, 0.2) is 17.0 Å². The first-order chi connectivity index (χ1) is 12.2. The van der Waals surface area contributed by atoms with E-state index < -0.39 is 0 Å². The SMILES string of the molecule is C#CCN1C(=O)S/C(=C\c2cc3c(cc2Cl)N(C)C(C)(C)C[C@@H]3C)C1=O. The van der Waals surface area contributed by atoms with Crippen molar-refractivity contribution in [2.45, 2.75) is 38.6 Å². The average Bonchev–Trinajstić information content (AvgIpc) is 2.82. The Morgan fingerprint density at radius 2 is 2.12 bits per heavy atom. The van der Waals surface area contributed by atoms with E-state index in [1.165, 1.54) is 5.56 Å². The summed E-state index contributed by atoms with van der Waals surface area (Å²) in [6.45, 7) is 6.62. The maximum absolute atomic E-state index is 12.4. The molecule has 0 radical (unpaired) electrons. The molecule has 0 aliphatic carbocycles. The molecular formula is C20H21ClN2O2S. The van der Waals surface area contributed by atoms with E-state index >= 15 is 0 Å². The number of benzene rings is 1. The number of imide groups is 1. The first-order valence-electron chi connectivity index (χ1n) is 8.42. The van der Waals surface area contributed by atoms with Gasteiger partial charge in [-0.3, -0.25) is 14.5 Å². The fourth-order valence-corrected chi connectivity index (χ4v) is 4.63. The summed E-state index contributed by atoms with van der Waals surface area (Å²) in [7, 11) is 2.08. The van der Waals surface area contributed by atoms with Crippen molar-refractivity contribution in [3.8, 4) is 12.3 Å². The summed E-state index contributed by atoms with van der Waals surface area (Å²) in [6.07, 6.45) is 7.95. The molecule has 0 N–H and O–H groups in total. The second-order valence-electron chi connectivity index (χ2n) is 7.38. The van der Waals surface area contributed by atoms with Crippen molar-refractivity contribution >= 4 is 46.3 Å². The molecule has 6 heteroatoms. The maximum Gasteiger partial charge on any atom is 0.294 e. The molecule has 1 aromatic carbocycles. The highest BCUT2D eigenvalue weighted by Crippen LogP contribution is 2.45. The summed E-state index contributed by atoms with van der Waals surface area (Å²) in [5.74, 6) is 2.35. The maximum atomic E-state index is 12.4. The van der Waals surface area contributed by atoms with E-state index in [1.807, 2.05) is 12.1 Å². The van der Waals surface area contributed by atoms with Gasteiger partial charge in [-0.2, -0.15) is 0 Å². The number of anilines is 1. The lowest BCUT2D eigenvalue weighted by Crippen LogP contribution is -2.45. The molecule has 2 aliphatic heterocycles. The zero-order valence-corrected chi connectivity index (χ0v) is 16.9. The average molecular weight is 389 g/mol. The number of terminal acetylenes is 1. The third-order valence-corrected chi connectivity index (χ3v) is 6.40. The van der Waals surface area contributed by atoms with Crippen LogP contribution in [-0.2, 0) is 4.79 Å². The summed E-state index contributed by atoms with van der Waals surface area (Å²) < 4.78 is 0. The molecule has 0 saturated carbocycles. The highest BCUT2D eigenvalue weighted by Gasteiger charge is 2.36. The van der Waals surface area contributed by atoms with Crippen LogP contribution in [0.2, 0.25) is 5.02 Å². The normalized spacial score (nSPS) is 23.4. The van der Waals surface area contributed by atoms with Crippen LogP contribution in [0, 0.1) is 12.3 Å². The molecule has 0 bridgehead atoms. The Kier molecular flexibility index (Phi) is 4.85. The first-order valence-corrected chi connectivity index (χ1v) is 9.61. The molecule has 2 amide bonds. The standard InChI is InChI=1S/C20H21ClN2O2S/c1-6-7-23-18(24)17(26-19(23)25)9-13-8-14-12(2)11-20(3,4)22(5)16(14)10-15(13)21/h1,8-10,12H,7,11H2,2-5H3/b17-9-/t12-/m0/s1. The summed E-state index contributed by atoms with van der Waals surface area (Å²) in [6, 6.07) is 3.98. The topological polar surface area (TPSA) is 40.6 Å². The highest BCUT2D eigenvalue weighted by atomic mass is 35.5. The number of nitrogens with zero attached hydrogens (tertiary/aromatic N) is 2. The fourth-order valence-electron chi connectivity index (χ4n) is 3.58. The predicted octanol–water partition coefficient (Wildman–Crippen LogP) is 4.73. The molecule has 1 aromatic rings. The van der Waals surface area contributed by atoms with Gasteiger partial charge in [0.25, 0.3) is 11.1 Å². The van der Waals surface area contributed by atoms with Gasteiger partial charge in [0, 0.05) is 23.3 Å². The minimum atomic E-state index is -0.363. The summed E-state index contributed by atoms with van der Waals surface area (Å²) in [5, 5.41) is 0.215. The number of amides is 2. The van der Waals surface area contributed by atoms with Crippen molar-refractivity contribution in [1.82, 2.24) is 4.90 Å². The number of hydrogen-bond acceptors (Lipinski definition) is 4. The van der Waals surface area contributed by atoms with E-state index in [0.29, 0.717) is 15.8 Å². The van der Waals surface area contributed by atoms with Gasteiger partial charge in [0.1, 0.15) is 0 Å². The van der Waals surface area contributed by atoms with Crippen molar-refractivity contribution in [3.63, 3.8) is 0 Å². The van der Waals surface area contributed by atoms with Gasteiger partial charge in [-0.05, 0) is 67.3 Å². The van der Waals surface area contributed by atoms with E-state index in [9.17, 15) is 9.59 Å². The minimum absolute atomic E-state index is 0.0170. The van der Waals surface area contributed by atoms with Crippen molar-refractivity contribution in [3.05, 3.63) is 33.2 Å². The van der Waals surface area contributed by atoms with Gasteiger partial charge in [0.15, 0.2) is 0 Å². The Morgan fingerprint density at radius 3 is 2.77 bits per heavy atom. The molecule has 0 spiro atoms. The third-order valence-electron chi connectivity index (χ3n) is 5.16. The number of carbonyl (C=O) groups is 2. The Labute approximate surface area is 163 Å². The molecule has 0 unspecified atom stereocenters. The molecule has 3 rings (SSSR count). The largest absolute Gasteiger partial charge is 0.369 e. The molecule has 1 fully saturated rings. The number of thioether (sulfide) groups is 1. The number of halogens is 1. The fraction of sp³-hybridized carbons (Fsp3) is 0.400. The Hall–Kier alpha value is -1.90. The summed E-state index contributed by atoms with van der Waals surface area (Å²) in [5.41, 5.74) is 3.10. The van der Waals surface area contributed by atoms with Crippen molar-refractivity contribution in [2.24, 2.45) is 0 Å². The Morgan fingerprint density at radius 1 is 1.42 bits per heavy atom. The number of carbonyl (C=O) groups excluding carboxylic acids is 2. The zero-order chi connectivity index (χ0) is 19.2. The molecule has 2 heterocycles. The van der Waals surface area contributed by atoms with Crippen molar-refractivity contribution < 1.29 is 9.59 Å². The number of fused-ring (bicyclic) bond motifs is 1. The van der Waals surface area contributed by atoms with Gasteiger partial charge in [0.2, 0.25) is 0 Å². The van der Waals surface area contributed by atoms with Crippen LogP contribution >= 0.6 is 23.4 Å². The van der Waals surface area contributed by atoms with E-state index in [1.54, 1.807) is 6.08 Å². The monoisotopic (exact) mass is 388 g/mol. The van der Waals surface area contributed by atoms with E-state index in [0.717, 1.165) is 34.3 Å². The molecule has 0 aromatic heterocycles. The van der Waals surface area contributed by atoms with Gasteiger partial charge in [-0.1, -0.05) is 24.4 Å². The third kappa shape index (κ3) is 3.13. The minimum Gasteiger partial charge on any atom is -0.369 e. The molecule has 1 atom stereocenters. The second-order valence-corrected chi connectivity index (χ2v) is 8.78. The van der Waals surface area contributed by atoms with Crippen LogP contribution in [0.25, 0.3) is 6.08 Å². The van der Waals surface area contributed by atoms with Gasteiger partial charge < -0.3 is 4.90 Å². The molecule has 4 nitrogen and oxygen atoms in total. The van der Waals surface area contributed by atoms with Gasteiger partial charge in [-0.25, -0.2) is 0 Å².